The lowest BCUT2D eigenvalue weighted by Crippen LogP contribution is -2.07. The van der Waals surface area contributed by atoms with Gasteiger partial charge < -0.3 is 14.8 Å². The van der Waals surface area contributed by atoms with Gasteiger partial charge in [-0.3, -0.25) is 0 Å². The molecule has 0 aromatic heterocycles. The number of hydrogen-bond acceptors (Lipinski definition) is 3. The molecule has 1 aromatic carbocycles. The van der Waals surface area contributed by atoms with Gasteiger partial charge in [0.1, 0.15) is 0 Å². The fourth-order valence-corrected chi connectivity index (χ4v) is 2.26. The molecule has 4 heteroatoms. The van der Waals surface area contributed by atoms with Crippen LogP contribution in [0.15, 0.2) is 28.8 Å². The first-order chi connectivity index (χ1) is 9.08. The second-order valence-corrected chi connectivity index (χ2v) is 5.28. The average Bonchev–Trinajstić information content (AvgIpc) is 2.33. The standard InChI is InChI=1S/C15H22BrNO2/c1-5-18-14-9-12(10-17-4)8-13(16)15(14)19-7-6-11(2)3/h8-9,17H,2,5-7,10H2,1,3-4H3. The Balaban J connectivity index is 2.90. The molecule has 0 aliphatic rings. The second kappa shape index (κ2) is 8.23. The first-order valence-electron chi connectivity index (χ1n) is 6.45. The molecule has 0 fully saturated rings. The molecule has 0 bridgehead atoms. The van der Waals surface area contributed by atoms with E-state index < -0.39 is 0 Å². The van der Waals surface area contributed by atoms with Crippen LogP contribution >= 0.6 is 15.9 Å². The van der Waals surface area contributed by atoms with Crippen molar-refractivity contribution in [1.29, 1.82) is 0 Å². The zero-order chi connectivity index (χ0) is 14.3. The van der Waals surface area contributed by atoms with Crippen LogP contribution in [-0.2, 0) is 6.54 Å². The zero-order valence-corrected chi connectivity index (χ0v) is 13.5. The molecule has 1 N–H and O–H groups in total. The van der Waals surface area contributed by atoms with E-state index in [0.717, 1.165) is 40.1 Å². The van der Waals surface area contributed by atoms with Gasteiger partial charge in [-0.15, -0.1) is 6.58 Å². The Morgan fingerprint density at radius 1 is 1.37 bits per heavy atom. The molecule has 0 unspecified atom stereocenters. The topological polar surface area (TPSA) is 30.5 Å². The Bertz CT molecular complexity index is 432. The van der Waals surface area contributed by atoms with Crippen molar-refractivity contribution >= 4 is 15.9 Å². The van der Waals surface area contributed by atoms with E-state index in [4.69, 9.17) is 9.47 Å². The normalized spacial score (nSPS) is 10.3. The zero-order valence-electron chi connectivity index (χ0n) is 11.9. The third kappa shape index (κ3) is 5.25. The summed E-state index contributed by atoms with van der Waals surface area (Å²) in [4.78, 5) is 0. The van der Waals surface area contributed by atoms with E-state index in [1.165, 1.54) is 0 Å². The van der Waals surface area contributed by atoms with E-state index >= 15 is 0 Å². The van der Waals surface area contributed by atoms with Crippen LogP contribution in [0.25, 0.3) is 0 Å². The Morgan fingerprint density at radius 3 is 2.68 bits per heavy atom. The van der Waals surface area contributed by atoms with Crippen molar-refractivity contribution in [2.45, 2.75) is 26.8 Å². The molecule has 1 rings (SSSR count). The molecule has 19 heavy (non-hydrogen) atoms. The van der Waals surface area contributed by atoms with Crippen LogP contribution in [-0.4, -0.2) is 20.3 Å². The molecule has 0 aliphatic heterocycles. The number of halogens is 1. The van der Waals surface area contributed by atoms with E-state index in [1.54, 1.807) is 0 Å². The lowest BCUT2D eigenvalue weighted by Gasteiger charge is -2.15. The van der Waals surface area contributed by atoms with E-state index in [2.05, 4.69) is 33.9 Å². The molecule has 0 heterocycles. The maximum Gasteiger partial charge on any atom is 0.175 e. The molecule has 3 nitrogen and oxygen atoms in total. The minimum Gasteiger partial charge on any atom is -0.490 e. The number of benzene rings is 1. The second-order valence-electron chi connectivity index (χ2n) is 4.42. The van der Waals surface area contributed by atoms with Crippen LogP contribution in [0.5, 0.6) is 11.5 Å². The Morgan fingerprint density at radius 2 is 2.11 bits per heavy atom. The summed E-state index contributed by atoms with van der Waals surface area (Å²) < 4.78 is 12.4. The molecular weight excluding hydrogens is 306 g/mol. The summed E-state index contributed by atoms with van der Waals surface area (Å²) in [5, 5.41) is 3.13. The summed E-state index contributed by atoms with van der Waals surface area (Å²) in [6.07, 6.45) is 0.844. The van der Waals surface area contributed by atoms with Crippen LogP contribution in [0.4, 0.5) is 0 Å². The molecule has 0 atom stereocenters. The third-order valence-electron chi connectivity index (χ3n) is 2.53. The maximum absolute atomic E-state index is 5.81. The summed E-state index contributed by atoms with van der Waals surface area (Å²) >= 11 is 3.55. The van der Waals surface area contributed by atoms with Crippen LogP contribution in [0, 0.1) is 0 Å². The van der Waals surface area contributed by atoms with Gasteiger partial charge >= 0.3 is 0 Å². The Kier molecular flexibility index (Phi) is 6.95. The van der Waals surface area contributed by atoms with Gasteiger partial charge in [0.2, 0.25) is 0 Å². The van der Waals surface area contributed by atoms with E-state index in [-0.39, 0.29) is 0 Å². The molecular formula is C15H22BrNO2. The Hall–Kier alpha value is -1.00. The van der Waals surface area contributed by atoms with E-state index in [9.17, 15) is 0 Å². The third-order valence-corrected chi connectivity index (χ3v) is 3.11. The minimum absolute atomic E-state index is 0.610. The SMILES string of the molecule is C=C(C)CCOc1c(Br)cc(CNC)cc1OCC. The van der Waals surface area contributed by atoms with Gasteiger partial charge in [-0.25, -0.2) is 0 Å². The van der Waals surface area contributed by atoms with Crippen molar-refractivity contribution in [3.63, 3.8) is 0 Å². The van der Waals surface area contributed by atoms with Crippen LogP contribution in [0.2, 0.25) is 0 Å². The van der Waals surface area contributed by atoms with Gasteiger partial charge in [-0.05, 0) is 54.5 Å². The molecule has 0 spiro atoms. The first-order valence-corrected chi connectivity index (χ1v) is 7.24. The number of nitrogens with one attached hydrogen (secondary N) is 1. The largest absolute Gasteiger partial charge is 0.490 e. The highest BCUT2D eigenvalue weighted by molar-refractivity contribution is 9.10. The minimum atomic E-state index is 0.610. The number of rotatable bonds is 8. The number of hydrogen-bond donors (Lipinski definition) is 1. The quantitative estimate of drug-likeness (QED) is 0.734. The lowest BCUT2D eigenvalue weighted by atomic mass is 10.2. The van der Waals surface area contributed by atoms with E-state index in [1.807, 2.05) is 27.0 Å². The highest BCUT2D eigenvalue weighted by Crippen LogP contribution is 2.37. The fourth-order valence-electron chi connectivity index (χ4n) is 1.66. The van der Waals surface area contributed by atoms with Crippen molar-refractivity contribution in [2.24, 2.45) is 0 Å². The summed E-state index contributed by atoms with van der Waals surface area (Å²) in [6.45, 7) is 9.87. The summed E-state index contributed by atoms with van der Waals surface area (Å²) in [6, 6.07) is 4.07. The van der Waals surface area contributed by atoms with Crippen molar-refractivity contribution in [2.75, 3.05) is 20.3 Å². The summed E-state index contributed by atoms with van der Waals surface area (Å²) in [5.41, 5.74) is 2.27. The molecule has 106 valence electrons. The van der Waals surface area contributed by atoms with Crippen molar-refractivity contribution in [1.82, 2.24) is 5.32 Å². The summed E-state index contributed by atoms with van der Waals surface area (Å²) in [7, 11) is 1.92. The fraction of sp³-hybridized carbons (Fsp3) is 0.467. The Labute approximate surface area is 124 Å². The van der Waals surface area contributed by atoms with E-state index in [0.29, 0.717) is 13.2 Å². The van der Waals surface area contributed by atoms with Crippen molar-refractivity contribution in [3.8, 4) is 11.5 Å². The number of ether oxygens (including phenoxy) is 2. The molecule has 0 saturated carbocycles. The van der Waals surface area contributed by atoms with Crippen LogP contribution in [0.3, 0.4) is 0 Å². The van der Waals surface area contributed by atoms with Gasteiger partial charge in [0, 0.05) is 13.0 Å². The first kappa shape index (κ1) is 16.1. The van der Waals surface area contributed by atoms with Crippen molar-refractivity contribution in [3.05, 3.63) is 34.3 Å². The predicted molar refractivity (Wildman–Crippen MR) is 83.0 cm³/mol. The van der Waals surface area contributed by atoms with Crippen molar-refractivity contribution < 1.29 is 9.47 Å². The predicted octanol–water partition coefficient (Wildman–Crippen LogP) is 3.91. The molecule has 0 radical (unpaired) electrons. The lowest BCUT2D eigenvalue weighted by molar-refractivity contribution is 0.277. The van der Waals surface area contributed by atoms with Gasteiger partial charge in [-0.2, -0.15) is 0 Å². The van der Waals surface area contributed by atoms with Gasteiger partial charge in [-0.1, -0.05) is 5.57 Å². The molecule has 1 aromatic rings. The smallest absolute Gasteiger partial charge is 0.175 e. The molecule has 0 amide bonds. The monoisotopic (exact) mass is 327 g/mol. The highest BCUT2D eigenvalue weighted by atomic mass is 79.9. The maximum atomic E-state index is 5.81. The van der Waals surface area contributed by atoms with Crippen LogP contribution < -0.4 is 14.8 Å². The van der Waals surface area contributed by atoms with Gasteiger partial charge in [0.25, 0.3) is 0 Å². The highest BCUT2D eigenvalue weighted by Gasteiger charge is 2.12. The van der Waals surface area contributed by atoms with Crippen LogP contribution in [0.1, 0.15) is 25.8 Å². The average molecular weight is 328 g/mol. The molecule has 0 aliphatic carbocycles. The molecule has 0 saturated heterocycles. The van der Waals surface area contributed by atoms with Gasteiger partial charge in [0.05, 0.1) is 17.7 Å². The summed E-state index contributed by atoms with van der Waals surface area (Å²) in [5.74, 6) is 1.55. The van der Waals surface area contributed by atoms with Gasteiger partial charge in [0.15, 0.2) is 11.5 Å².